The molecule has 1 aliphatic rings. The molecular formula is C14H15N3O2S. The first-order chi connectivity index (χ1) is 9.75. The number of aromatic carboxylic acids is 1. The number of hydrogen-bond acceptors (Lipinski definition) is 5. The van der Waals surface area contributed by atoms with E-state index in [-0.39, 0.29) is 5.69 Å². The van der Waals surface area contributed by atoms with E-state index in [1.165, 1.54) is 18.6 Å². The number of fused-ring (bicyclic) bond motifs is 1. The molecule has 0 aliphatic carbocycles. The number of thioether (sulfide) groups is 1. The van der Waals surface area contributed by atoms with Crippen LogP contribution in [0.3, 0.4) is 0 Å². The van der Waals surface area contributed by atoms with Gasteiger partial charge < -0.3 is 10.4 Å². The van der Waals surface area contributed by atoms with E-state index in [1.807, 2.05) is 36.0 Å². The second-order valence-corrected chi connectivity index (χ2v) is 6.17. The Morgan fingerprint density at radius 3 is 3.00 bits per heavy atom. The average Bonchev–Trinajstić information content (AvgIpc) is 2.97. The smallest absolute Gasteiger partial charge is 0.358 e. The molecule has 1 saturated heterocycles. The molecule has 2 N–H and O–H groups in total. The summed E-state index contributed by atoms with van der Waals surface area (Å²) in [6.07, 6.45) is 2.41. The first-order valence-corrected chi connectivity index (χ1v) is 7.65. The highest BCUT2D eigenvalue weighted by Gasteiger charge is 2.19. The van der Waals surface area contributed by atoms with Crippen molar-refractivity contribution < 1.29 is 9.90 Å². The minimum absolute atomic E-state index is 0.00769. The van der Waals surface area contributed by atoms with Crippen molar-refractivity contribution in [3.05, 3.63) is 30.0 Å². The summed E-state index contributed by atoms with van der Waals surface area (Å²) in [6, 6.07) is 7.46. The van der Waals surface area contributed by atoms with Crippen LogP contribution in [0.5, 0.6) is 0 Å². The van der Waals surface area contributed by atoms with Crippen LogP contribution in [-0.4, -0.2) is 38.8 Å². The quantitative estimate of drug-likeness (QED) is 0.901. The van der Waals surface area contributed by atoms with Gasteiger partial charge in [-0.25, -0.2) is 4.79 Å². The molecule has 0 amide bonds. The zero-order valence-corrected chi connectivity index (χ0v) is 11.7. The fraction of sp³-hybridized carbons (Fsp3) is 0.357. The Labute approximate surface area is 120 Å². The van der Waals surface area contributed by atoms with Crippen molar-refractivity contribution >= 4 is 34.3 Å². The number of rotatable bonds is 4. The first-order valence-electron chi connectivity index (χ1n) is 6.60. The number of benzene rings is 1. The molecule has 5 nitrogen and oxygen atoms in total. The van der Waals surface area contributed by atoms with E-state index in [0.717, 1.165) is 11.9 Å². The summed E-state index contributed by atoms with van der Waals surface area (Å²) in [7, 11) is 0. The van der Waals surface area contributed by atoms with Gasteiger partial charge in [-0.15, -0.1) is 10.2 Å². The summed E-state index contributed by atoms with van der Waals surface area (Å²) in [6.45, 7) is 0.765. The third-order valence-corrected chi connectivity index (χ3v) is 4.80. The van der Waals surface area contributed by atoms with Gasteiger partial charge in [0, 0.05) is 17.2 Å². The Balaban J connectivity index is 1.96. The topological polar surface area (TPSA) is 75.1 Å². The maximum Gasteiger partial charge on any atom is 0.358 e. The van der Waals surface area contributed by atoms with Gasteiger partial charge in [0.05, 0.1) is 11.2 Å². The molecule has 0 bridgehead atoms. The molecule has 0 saturated carbocycles. The van der Waals surface area contributed by atoms with Crippen LogP contribution in [0.4, 0.5) is 5.69 Å². The lowest BCUT2D eigenvalue weighted by molar-refractivity contribution is 0.0690. The van der Waals surface area contributed by atoms with Crippen molar-refractivity contribution in [2.45, 2.75) is 18.1 Å². The number of carboxylic acids is 1. The second kappa shape index (κ2) is 5.66. The largest absolute Gasteiger partial charge is 0.476 e. The molecule has 1 aliphatic heterocycles. The number of nitrogens with one attached hydrogen (secondary N) is 1. The van der Waals surface area contributed by atoms with Crippen LogP contribution in [0.1, 0.15) is 23.3 Å². The van der Waals surface area contributed by atoms with Crippen LogP contribution in [0.2, 0.25) is 0 Å². The molecule has 1 fully saturated rings. The molecule has 2 aromatic rings. The fourth-order valence-electron chi connectivity index (χ4n) is 2.40. The van der Waals surface area contributed by atoms with Crippen molar-refractivity contribution in [1.29, 1.82) is 0 Å². The SMILES string of the molecule is O=C(O)c1nnc2ccccc2c1NCC1CCCS1. The molecule has 2 heterocycles. The number of anilines is 1. The molecule has 1 atom stereocenters. The van der Waals surface area contributed by atoms with E-state index in [4.69, 9.17) is 0 Å². The number of carbonyl (C=O) groups is 1. The van der Waals surface area contributed by atoms with Gasteiger partial charge in [-0.05, 0) is 24.7 Å². The Kier molecular flexibility index (Phi) is 3.73. The summed E-state index contributed by atoms with van der Waals surface area (Å²) < 4.78 is 0. The Hall–Kier alpha value is -1.82. The normalized spacial score (nSPS) is 18.3. The highest BCUT2D eigenvalue weighted by Crippen LogP contribution is 2.29. The van der Waals surface area contributed by atoms with Crippen LogP contribution in [0.25, 0.3) is 10.9 Å². The number of carboxylic acid groups (broad SMARTS) is 1. The number of aromatic nitrogens is 2. The maximum absolute atomic E-state index is 11.3. The molecule has 6 heteroatoms. The summed E-state index contributed by atoms with van der Waals surface area (Å²) in [4.78, 5) is 11.3. The minimum atomic E-state index is -1.05. The number of nitrogens with zero attached hydrogens (tertiary/aromatic N) is 2. The Morgan fingerprint density at radius 2 is 2.25 bits per heavy atom. The zero-order valence-electron chi connectivity index (χ0n) is 10.9. The standard InChI is InChI=1S/C14H15N3O2S/c18-14(19)13-12(15-8-9-4-3-7-20-9)10-5-1-2-6-11(10)16-17-13/h1-2,5-6,9H,3-4,7-8H2,(H,15,16)(H,18,19). The van der Waals surface area contributed by atoms with Crippen LogP contribution in [0.15, 0.2) is 24.3 Å². The van der Waals surface area contributed by atoms with Crippen molar-refractivity contribution in [2.75, 3.05) is 17.6 Å². The van der Waals surface area contributed by atoms with Crippen LogP contribution in [-0.2, 0) is 0 Å². The van der Waals surface area contributed by atoms with Crippen LogP contribution in [0, 0.1) is 0 Å². The maximum atomic E-state index is 11.3. The van der Waals surface area contributed by atoms with Crippen molar-refractivity contribution in [3.63, 3.8) is 0 Å². The molecule has 104 valence electrons. The van der Waals surface area contributed by atoms with Crippen LogP contribution < -0.4 is 5.32 Å². The molecule has 1 unspecified atom stereocenters. The lowest BCUT2D eigenvalue weighted by Gasteiger charge is -2.14. The molecule has 0 spiro atoms. The van der Waals surface area contributed by atoms with Crippen molar-refractivity contribution in [3.8, 4) is 0 Å². The van der Waals surface area contributed by atoms with Gasteiger partial charge in [0.25, 0.3) is 0 Å². The van der Waals surface area contributed by atoms with Crippen molar-refractivity contribution in [2.24, 2.45) is 0 Å². The van der Waals surface area contributed by atoms with E-state index < -0.39 is 5.97 Å². The van der Waals surface area contributed by atoms with E-state index in [1.54, 1.807) is 0 Å². The fourth-order valence-corrected chi connectivity index (χ4v) is 3.60. The lowest BCUT2D eigenvalue weighted by Crippen LogP contribution is -2.17. The van der Waals surface area contributed by atoms with Gasteiger partial charge in [-0.1, -0.05) is 18.2 Å². The third kappa shape index (κ3) is 2.56. The highest BCUT2D eigenvalue weighted by atomic mass is 32.2. The molecular weight excluding hydrogens is 274 g/mol. The summed E-state index contributed by atoms with van der Waals surface area (Å²) in [5.74, 6) is 0.137. The van der Waals surface area contributed by atoms with E-state index in [0.29, 0.717) is 16.5 Å². The average molecular weight is 289 g/mol. The third-order valence-electron chi connectivity index (χ3n) is 3.40. The molecule has 20 heavy (non-hydrogen) atoms. The van der Waals surface area contributed by atoms with Crippen molar-refractivity contribution in [1.82, 2.24) is 10.2 Å². The van der Waals surface area contributed by atoms with Gasteiger partial charge in [0.1, 0.15) is 0 Å². The van der Waals surface area contributed by atoms with Gasteiger partial charge in [0.15, 0.2) is 5.69 Å². The minimum Gasteiger partial charge on any atom is -0.476 e. The predicted molar refractivity (Wildman–Crippen MR) is 80.5 cm³/mol. The van der Waals surface area contributed by atoms with Gasteiger partial charge in [-0.3, -0.25) is 0 Å². The van der Waals surface area contributed by atoms with E-state index in [9.17, 15) is 9.90 Å². The Bertz CT molecular complexity index is 641. The molecule has 1 aromatic heterocycles. The van der Waals surface area contributed by atoms with E-state index in [2.05, 4.69) is 15.5 Å². The highest BCUT2D eigenvalue weighted by molar-refractivity contribution is 8.00. The van der Waals surface area contributed by atoms with E-state index >= 15 is 0 Å². The summed E-state index contributed by atoms with van der Waals surface area (Å²) in [5, 5.41) is 21.7. The number of hydrogen-bond donors (Lipinski definition) is 2. The van der Waals surface area contributed by atoms with Gasteiger partial charge in [-0.2, -0.15) is 11.8 Å². The van der Waals surface area contributed by atoms with Crippen LogP contribution >= 0.6 is 11.8 Å². The molecule has 0 radical (unpaired) electrons. The first kappa shape index (κ1) is 13.2. The Morgan fingerprint density at radius 1 is 1.40 bits per heavy atom. The summed E-state index contributed by atoms with van der Waals surface area (Å²) >= 11 is 1.94. The monoisotopic (exact) mass is 289 g/mol. The summed E-state index contributed by atoms with van der Waals surface area (Å²) in [5.41, 5.74) is 1.28. The van der Waals surface area contributed by atoms with Gasteiger partial charge in [0.2, 0.25) is 0 Å². The predicted octanol–water partition coefficient (Wildman–Crippen LogP) is 2.64. The molecule has 1 aromatic carbocycles. The van der Waals surface area contributed by atoms with Gasteiger partial charge >= 0.3 is 5.97 Å². The lowest BCUT2D eigenvalue weighted by atomic mass is 10.1. The second-order valence-electron chi connectivity index (χ2n) is 4.76. The zero-order chi connectivity index (χ0) is 13.9. The molecule has 3 rings (SSSR count).